The molecular weight excluding hydrogens is 320 g/mol. The summed E-state index contributed by atoms with van der Waals surface area (Å²) in [5.74, 6) is -0.875. The van der Waals surface area contributed by atoms with Gasteiger partial charge in [0.2, 0.25) is 0 Å². The minimum absolute atomic E-state index is 0.429. The first-order valence-electron chi connectivity index (χ1n) is 6.81. The van der Waals surface area contributed by atoms with Crippen LogP contribution < -0.4 is 10.5 Å². The highest BCUT2D eigenvalue weighted by Crippen LogP contribution is 2.36. The molecule has 0 heterocycles. The summed E-state index contributed by atoms with van der Waals surface area (Å²) in [6.07, 6.45) is 0. The van der Waals surface area contributed by atoms with Gasteiger partial charge in [0.05, 0.1) is 0 Å². The van der Waals surface area contributed by atoms with E-state index < -0.39 is 11.6 Å². The van der Waals surface area contributed by atoms with Crippen LogP contribution in [0.3, 0.4) is 0 Å². The Kier molecular flexibility index (Phi) is 4.17. The average Bonchev–Trinajstić information content (AvgIpc) is 2.50. The van der Waals surface area contributed by atoms with Crippen LogP contribution in [0.25, 0.3) is 11.1 Å². The van der Waals surface area contributed by atoms with Gasteiger partial charge >= 0.3 is 0 Å². The molecule has 0 amide bonds. The van der Waals surface area contributed by atoms with Crippen molar-refractivity contribution in [1.29, 1.82) is 0 Å². The fraction of sp³-hybridized carbons (Fsp3) is 0. The van der Waals surface area contributed by atoms with Crippen molar-refractivity contribution in [2.24, 2.45) is 0 Å². The molecule has 0 aromatic heterocycles. The van der Waals surface area contributed by atoms with Gasteiger partial charge in [-0.3, -0.25) is 0 Å². The quantitative estimate of drug-likeness (QED) is 0.628. The van der Waals surface area contributed by atoms with Crippen molar-refractivity contribution in [1.82, 2.24) is 0 Å². The summed E-state index contributed by atoms with van der Waals surface area (Å²) >= 11 is 5.94. The Morgan fingerprint density at radius 2 is 1.70 bits per heavy atom. The van der Waals surface area contributed by atoms with Gasteiger partial charge in [0.15, 0.2) is 11.6 Å². The molecule has 0 unspecified atom stereocenters. The highest BCUT2D eigenvalue weighted by atomic mass is 35.5. The van der Waals surface area contributed by atoms with Crippen molar-refractivity contribution in [3.8, 4) is 22.6 Å². The number of benzene rings is 3. The van der Waals surface area contributed by atoms with Gasteiger partial charge in [-0.1, -0.05) is 23.7 Å². The predicted octanol–water partition coefficient (Wildman–Crippen LogP) is 5.66. The van der Waals surface area contributed by atoms with Crippen molar-refractivity contribution in [3.05, 3.63) is 77.3 Å². The second-order valence-electron chi connectivity index (χ2n) is 4.94. The molecule has 0 aliphatic rings. The van der Waals surface area contributed by atoms with Crippen LogP contribution in [-0.2, 0) is 0 Å². The topological polar surface area (TPSA) is 35.2 Å². The molecule has 0 fully saturated rings. The molecule has 2 N–H and O–H groups in total. The van der Waals surface area contributed by atoms with Crippen LogP contribution in [0.15, 0.2) is 60.7 Å². The van der Waals surface area contributed by atoms with Crippen LogP contribution in [0, 0.1) is 11.6 Å². The first-order chi connectivity index (χ1) is 11.0. The van der Waals surface area contributed by atoms with Crippen LogP contribution in [0.4, 0.5) is 14.5 Å². The van der Waals surface area contributed by atoms with Gasteiger partial charge in [-0.2, -0.15) is 0 Å². The zero-order chi connectivity index (χ0) is 16.4. The molecule has 5 heteroatoms. The Bertz CT molecular complexity index is 867. The normalized spacial score (nSPS) is 10.6. The number of ether oxygens (including phenoxy) is 1. The lowest BCUT2D eigenvalue weighted by molar-refractivity contribution is 0.484. The molecule has 0 spiro atoms. The molecule has 0 bridgehead atoms. The highest BCUT2D eigenvalue weighted by Gasteiger charge is 2.11. The fourth-order valence-corrected chi connectivity index (χ4v) is 2.36. The molecule has 0 saturated heterocycles. The van der Waals surface area contributed by atoms with Crippen LogP contribution >= 0.6 is 11.6 Å². The van der Waals surface area contributed by atoms with Crippen LogP contribution in [0.5, 0.6) is 11.5 Å². The molecule has 0 aliphatic carbocycles. The standard InChI is InChI=1S/C18H12ClF2NO/c19-12-2-1-3-14(9-12)23-18-10-13(22)5-6-15(18)11-4-7-16(20)17(21)8-11/h1-10H,22H2. The minimum atomic E-state index is -0.923. The average molecular weight is 332 g/mol. The summed E-state index contributed by atoms with van der Waals surface area (Å²) in [5, 5.41) is 0.528. The number of nitrogen functional groups attached to an aromatic ring is 1. The molecule has 2 nitrogen and oxygen atoms in total. The lowest BCUT2D eigenvalue weighted by Gasteiger charge is -2.13. The maximum atomic E-state index is 13.5. The monoisotopic (exact) mass is 331 g/mol. The number of rotatable bonds is 3. The summed E-state index contributed by atoms with van der Waals surface area (Å²) in [7, 11) is 0. The van der Waals surface area contributed by atoms with Crippen molar-refractivity contribution in [2.75, 3.05) is 5.73 Å². The Hall–Kier alpha value is -2.59. The second-order valence-corrected chi connectivity index (χ2v) is 5.38. The van der Waals surface area contributed by atoms with E-state index in [0.717, 1.165) is 12.1 Å². The van der Waals surface area contributed by atoms with E-state index in [-0.39, 0.29) is 0 Å². The smallest absolute Gasteiger partial charge is 0.159 e. The second kappa shape index (κ2) is 6.26. The molecule has 3 aromatic carbocycles. The number of nitrogens with two attached hydrogens (primary N) is 1. The van der Waals surface area contributed by atoms with E-state index >= 15 is 0 Å². The van der Waals surface area contributed by atoms with Gasteiger partial charge in [0.25, 0.3) is 0 Å². The van der Waals surface area contributed by atoms with Crippen molar-refractivity contribution in [2.45, 2.75) is 0 Å². The van der Waals surface area contributed by atoms with E-state index in [2.05, 4.69) is 0 Å². The zero-order valence-electron chi connectivity index (χ0n) is 11.9. The molecule has 3 aromatic rings. The third kappa shape index (κ3) is 3.43. The SMILES string of the molecule is Nc1ccc(-c2ccc(F)c(F)c2)c(Oc2cccc(Cl)c2)c1. The lowest BCUT2D eigenvalue weighted by atomic mass is 10.0. The number of hydrogen-bond acceptors (Lipinski definition) is 2. The summed E-state index contributed by atoms with van der Waals surface area (Å²) in [4.78, 5) is 0. The van der Waals surface area contributed by atoms with E-state index in [1.54, 1.807) is 42.5 Å². The van der Waals surface area contributed by atoms with Gasteiger partial charge in [0.1, 0.15) is 11.5 Å². The third-order valence-electron chi connectivity index (χ3n) is 3.26. The first kappa shape index (κ1) is 15.3. The van der Waals surface area contributed by atoms with Gasteiger partial charge in [-0.05, 0) is 48.0 Å². The van der Waals surface area contributed by atoms with Crippen molar-refractivity contribution >= 4 is 17.3 Å². The molecule has 0 aliphatic heterocycles. The summed E-state index contributed by atoms with van der Waals surface area (Å²) in [5.41, 5.74) is 7.38. The number of hydrogen-bond donors (Lipinski definition) is 1. The summed E-state index contributed by atoms with van der Waals surface area (Å²) in [6, 6.07) is 15.5. The fourth-order valence-electron chi connectivity index (χ4n) is 2.18. The van der Waals surface area contributed by atoms with Crippen LogP contribution in [0.1, 0.15) is 0 Å². The van der Waals surface area contributed by atoms with E-state index in [9.17, 15) is 8.78 Å². The van der Waals surface area contributed by atoms with E-state index in [1.165, 1.54) is 6.07 Å². The molecular formula is C18H12ClF2NO. The predicted molar refractivity (Wildman–Crippen MR) is 87.7 cm³/mol. The number of halogens is 3. The highest BCUT2D eigenvalue weighted by molar-refractivity contribution is 6.30. The van der Waals surface area contributed by atoms with E-state index in [0.29, 0.717) is 33.3 Å². The maximum Gasteiger partial charge on any atom is 0.159 e. The lowest BCUT2D eigenvalue weighted by Crippen LogP contribution is -1.93. The van der Waals surface area contributed by atoms with Gasteiger partial charge in [-0.15, -0.1) is 0 Å². The third-order valence-corrected chi connectivity index (χ3v) is 3.50. The molecule has 0 radical (unpaired) electrons. The number of anilines is 1. The molecule has 0 atom stereocenters. The Morgan fingerprint density at radius 3 is 2.43 bits per heavy atom. The van der Waals surface area contributed by atoms with Crippen LogP contribution in [0.2, 0.25) is 5.02 Å². The summed E-state index contributed by atoms with van der Waals surface area (Å²) in [6.45, 7) is 0. The van der Waals surface area contributed by atoms with E-state index in [4.69, 9.17) is 22.1 Å². The molecule has 116 valence electrons. The van der Waals surface area contributed by atoms with Gasteiger partial charge in [0, 0.05) is 22.3 Å². The molecule has 3 rings (SSSR count). The van der Waals surface area contributed by atoms with Crippen LogP contribution in [-0.4, -0.2) is 0 Å². The summed E-state index contributed by atoms with van der Waals surface area (Å²) < 4.78 is 32.4. The largest absolute Gasteiger partial charge is 0.457 e. The molecule has 0 saturated carbocycles. The van der Waals surface area contributed by atoms with Gasteiger partial charge < -0.3 is 10.5 Å². The molecule has 23 heavy (non-hydrogen) atoms. The van der Waals surface area contributed by atoms with Crippen molar-refractivity contribution < 1.29 is 13.5 Å². The maximum absolute atomic E-state index is 13.5. The first-order valence-corrected chi connectivity index (χ1v) is 7.19. The Balaban J connectivity index is 2.05. The van der Waals surface area contributed by atoms with Crippen molar-refractivity contribution in [3.63, 3.8) is 0 Å². The Labute approximate surface area is 137 Å². The van der Waals surface area contributed by atoms with Gasteiger partial charge in [-0.25, -0.2) is 8.78 Å². The minimum Gasteiger partial charge on any atom is -0.457 e. The van der Waals surface area contributed by atoms with E-state index in [1.807, 2.05) is 0 Å². The zero-order valence-corrected chi connectivity index (χ0v) is 12.6. The Morgan fingerprint density at radius 1 is 0.870 bits per heavy atom.